The van der Waals surface area contributed by atoms with Gasteiger partial charge in [0.2, 0.25) is 5.91 Å². The first-order valence-corrected chi connectivity index (χ1v) is 6.95. The normalized spacial score (nSPS) is 16.5. The van der Waals surface area contributed by atoms with Gasteiger partial charge in [0.1, 0.15) is 6.61 Å². The third-order valence-corrected chi connectivity index (χ3v) is 3.20. The SMILES string of the molecule is CCC(=O)Nc1cnn(CC2COc3ccccc3O2)c1. The highest BCUT2D eigenvalue weighted by molar-refractivity contribution is 5.90. The summed E-state index contributed by atoms with van der Waals surface area (Å²) in [5.41, 5.74) is 0.693. The van der Waals surface area contributed by atoms with E-state index in [0.29, 0.717) is 25.3 Å². The molecule has 1 aromatic heterocycles. The molecule has 6 nitrogen and oxygen atoms in total. The molecule has 1 aromatic carbocycles. The average Bonchev–Trinajstić information content (AvgIpc) is 2.94. The van der Waals surface area contributed by atoms with E-state index in [1.54, 1.807) is 17.1 Å². The maximum Gasteiger partial charge on any atom is 0.224 e. The molecule has 0 bridgehead atoms. The number of ether oxygens (including phenoxy) is 2. The highest BCUT2D eigenvalue weighted by atomic mass is 16.6. The van der Waals surface area contributed by atoms with Gasteiger partial charge in [-0.2, -0.15) is 5.10 Å². The van der Waals surface area contributed by atoms with E-state index in [4.69, 9.17) is 9.47 Å². The van der Waals surface area contributed by atoms with Crippen molar-refractivity contribution in [1.82, 2.24) is 9.78 Å². The number of fused-ring (bicyclic) bond motifs is 1. The fourth-order valence-corrected chi connectivity index (χ4v) is 2.14. The fourth-order valence-electron chi connectivity index (χ4n) is 2.14. The molecule has 110 valence electrons. The van der Waals surface area contributed by atoms with Crippen molar-refractivity contribution in [1.29, 1.82) is 0 Å². The van der Waals surface area contributed by atoms with Crippen LogP contribution in [-0.4, -0.2) is 28.4 Å². The lowest BCUT2D eigenvalue weighted by Gasteiger charge is -2.26. The summed E-state index contributed by atoms with van der Waals surface area (Å²) in [6.45, 7) is 2.86. The average molecular weight is 287 g/mol. The molecule has 1 aliphatic heterocycles. The molecule has 21 heavy (non-hydrogen) atoms. The number of benzene rings is 1. The Balaban J connectivity index is 1.62. The predicted octanol–water partition coefficient (Wildman–Crippen LogP) is 2.07. The van der Waals surface area contributed by atoms with Crippen LogP contribution in [0.1, 0.15) is 13.3 Å². The Kier molecular flexibility index (Phi) is 3.77. The Morgan fingerprint density at radius 3 is 3.05 bits per heavy atom. The second kappa shape index (κ2) is 5.87. The lowest BCUT2D eigenvalue weighted by molar-refractivity contribution is -0.115. The Bertz CT molecular complexity index is 639. The van der Waals surface area contributed by atoms with Crippen LogP contribution in [0.2, 0.25) is 0 Å². The number of rotatable bonds is 4. The van der Waals surface area contributed by atoms with E-state index in [1.165, 1.54) is 0 Å². The molecule has 1 amide bonds. The maximum atomic E-state index is 11.3. The zero-order valence-corrected chi connectivity index (χ0v) is 11.8. The minimum Gasteiger partial charge on any atom is -0.486 e. The monoisotopic (exact) mass is 287 g/mol. The van der Waals surface area contributed by atoms with Gasteiger partial charge in [0.05, 0.1) is 18.4 Å². The molecule has 0 saturated heterocycles. The highest BCUT2D eigenvalue weighted by Gasteiger charge is 2.21. The van der Waals surface area contributed by atoms with Crippen molar-refractivity contribution in [2.24, 2.45) is 0 Å². The van der Waals surface area contributed by atoms with Crippen LogP contribution in [0.25, 0.3) is 0 Å². The lowest BCUT2D eigenvalue weighted by atomic mass is 10.2. The Hall–Kier alpha value is -2.50. The number of aromatic nitrogens is 2. The van der Waals surface area contributed by atoms with Crippen LogP contribution >= 0.6 is 0 Å². The van der Waals surface area contributed by atoms with Crippen LogP contribution in [0.4, 0.5) is 5.69 Å². The van der Waals surface area contributed by atoms with Gasteiger partial charge >= 0.3 is 0 Å². The van der Waals surface area contributed by atoms with Gasteiger partial charge in [-0.1, -0.05) is 19.1 Å². The first-order valence-electron chi connectivity index (χ1n) is 6.95. The molecule has 0 radical (unpaired) electrons. The molecule has 6 heteroatoms. The van der Waals surface area contributed by atoms with E-state index in [2.05, 4.69) is 10.4 Å². The number of anilines is 1. The first-order chi connectivity index (χ1) is 10.2. The molecule has 1 unspecified atom stereocenters. The second-order valence-electron chi connectivity index (χ2n) is 4.85. The second-order valence-corrected chi connectivity index (χ2v) is 4.85. The Labute approximate surface area is 122 Å². The fraction of sp³-hybridized carbons (Fsp3) is 0.333. The van der Waals surface area contributed by atoms with Crippen LogP contribution in [-0.2, 0) is 11.3 Å². The van der Waals surface area contributed by atoms with Crippen molar-refractivity contribution in [2.75, 3.05) is 11.9 Å². The third kappa shape index (κ3) is 3.16. The van der Waals surface area contributed by atoms with E-state index in [9.17, 15) is 4.79 Å². The number of amides is 1. The summed E-state index contributed by atoms with van der Waals surface area (Å²) >= 11 is 0. The van der Waals surface area contributed by atoms with E-state index in [-0.39, 0.29) is 12.0 Å². The molecule has 0 fully saturated rings. The Morgan fingerprint density at radius 1 is 1.43 bits per heavy atom. The van der Waals surface area contributed by atoms with Crippen LogP contribution in [0.3, 0.4) is 0 Å². The van der Waals surface area contributed by atoms with Crippen LogP contribution in [0.5, 0.6) is 11.5 Å². The van der Waals surface area contributed by atoms with Gasteiger partial charge in [-0.15, -0.1) is 0 Å². The number of carbonyl (C=O) groups excluding carboxylic acids is 1. The minimum absolute atomic E-state index is 0.0271. The van der Waals surface area contributed by atoms with Gasteiger partial charge in [0, 0.05) is 12.6 Å². The maximum absolute atomic E-state index is 11.3. The third-order valence-electron chi connectivity index (χ3n) is 3.20. The molecule has 3 rings (SSSR count). The van der Waals surface area contributed by atoms with Gasteiger partial charge in [0.25, 0.3) is 0 Å². The van der Waals surface area contributed by atoms with Crippen molar-refractivity contribution < 1.29 is 14.3 Å². The van der Waals surface area contributed by atoms with Gasteiger partial charge in [0.15, 0.2) is 17.6 Å². The summed E-state index contributed by atoms with van der Waals surface area (Å²) < 4.78 is 13.3. The van der Waals surface area contributed by atoms with Crippen molar-refractivity contribution in [3.05, 3.63) is 36.7 Å². The topological polar surface area (TPSA) is 65.4 Å². The molecular weight excluding hydrogens is 270 g/mol. The summed E-state index contributed by atoms with van der Waals surface area (Å²) in [7, 11) is 0. The van der Waals surface area contributed by atoms with Crippen LogP contribution in [0.15, 0.2) is 36.7 Å². The van der Waals surface area contributed by atoms with Crippen molar-refractivity contribution in [2.45, 2.75) is 26.0 Å². The molecule has 0 saturated carbocycles. The quantitative estimate of drug-likeness (QED) is 0.935. The van der Waals surface area contributed by atoms with E-state index < -0.39 is 0 Å². The predicted molar refractivity (Wildman–Crippen MR) is 77.5 cm³/mol. The summed E-state index contributed by atoms with van der Waals surface area (Å²) in [6.07, 6.45) is 3.76. The molecule has 0 aliphatic carbocycles. The molecule has 2 aromatic rings. The van der Waals surface area contributed by atoms with Gasteiger partial charge in [-0.3, -0.25) is 9.48 Å². The standard InChI is InChI=1S/C15H17N3O3/c1-2-15(19)17-11-7-16-18(8-11)9-12-10-20-13-5-3-4-6-14(13)21-12/h3-8,12H,2,9-10H2,1H3,(H,17,19). The zero-order valence-electron chi connectivity index (χ0n) is 11.8. The number of carbonyl (C=O) groups is 1. The van der Waals surface area contributed by atoms with Gasteiger partial charge < -0.3 is 14.8 Å². The lowest BCUT2D eigenvalue weighted by Crippen LogP contribution is -2.33. The summed E-state index contributed by atoms with van der Waals surface area (Å²) in [5, 5.41) is 6.99. The molecule has 1 aliphatic rings. The molecule has 2 heterocycles. The summed E-state index contributed by atoms with van der Waals surface area (Å²) in [5.74, 6) is 1.49. The molecule has 1 N–H and O–H groups in total. The highest BCUT2D eigenvalue weighted by Crippen LogP contribution is 2.31. The van der Waals surface area contributed by atoms with E-state index >= 15 is 0 Å². The first kappa shape index (κ1) is 13.5. The summed E-state index contributed by atoms with van der Waals surface area (Å²) in [4.78, 5) is 11.3. The molecule has 0 spiro atoms. The Morgan fingerprint density at radius 2 is 2.24 bits per heavy atom. The van der Waals surface area contributed by atoms with Crippen molar-refractivity contribution in [3.63, 3.8) is 0 Å². The van der Waals surface area contributed by atoms with Crippen molar-refractivity contribution >= 4 is 11.6 Å². The molecule has 1 atom stereocenters. The minimum atomic E-state index is -0.102. The summed E-state index contributed by atoms with van der Waals surface area (Å²) in [6, 6.07) is 7.60. The smallest absolute Gasteiger partial charge is 0.224 e. The van der Waals surface area contributed by atoms with Gasteiger partial charge in [-0.25, -0.2) is 0 Å². The van der Waals surface area contributed by atoms with E-state index in [0.717, 1.165) is 11.5 Å². The van der Waals surface area contributed by atoms with E-state index in [1.807, 2.05) is 31.2 Å². The zero-order chi connectivity index (χ0) is 14.7. The molecular formula is C15H17N3O3. The number of nitrogens with zero attached hydrogens (tertiary/aromatic N) is 2. The number of nitrogens with one attached hydrogen (secondary N) is 1. The van der Waals surface area contributed by atoms with Crippen LogP contribution < -0.4 is 14.8 Å². The van der Waals surface area contributed by atoms with Gasteiger partial charge in [-0.05, 0) is 12.1 Å². The number of hydrogen-bond acceptors (Lipinski definition) is 4. The largest absolute Gasteiger partial charge is 0.486 e. The number of hydrogen-bond donors (Lipinski definition) is 1. The van der Waals surface area contributed by atoms with Crippen molar-refractivity contribution in [3.8, 4) is 11.5 Å². The number of para-hydroxylation sites is 2. The van der Waals surface area contributed by atoms with Crippen LogP contribution in [0, 0.1) is 0 Å².